The van der Waals surface area contributed by atoms with E-state index in [1.165, 1.54) is 22.4 Å². The molecule has 0 amide bonds. The first-order chi connectivity index (χ1) is 12.9. The van der Waals surface area contributed by atoms with E-state index in [0.717, 1.165) is 5.56 Å². The van der Waals surface area contributed by atoms with Crippen LogP contribution in [0.1, 0.15) is 21.6 Å². The molecule has 27 heavy (non-hydrogen) atoms. The molecule has 7 nitrogen and oxygen atoms in total. The molecule has 0 saturated carbocycles. The molecule has 0 N–H and O–H groups in total. The van der Waals surface area contributed by atoms with Crippen molar-refractivity contribution in [3.8, 4) is 5.69 Å². The van der Waals surface area contributed by atoms with E-state index in [4.69, 9.17) is 16.3 Å². The molecular weight excluding hydrogens is 368 g/mol. The van der Waals surface area contributed by atoms with Crippen LogP contribution in [0.5, 0.6) is 0 Å². The number of nitrogens with zero attached hydrogens (tertiary/aromatic N) is 4. The Labute approximate surface area is 158 Å². The topological polar surface area (TPSA) is 78.5 Å². The molecule has 8 heteroatoms. The lowest BCUT2D eigenvalue weighted by Gasteiger charge is -2.11. The van der Waals surface area contributed by atoms with E-state index in [1.807, 2.05) is 13.0 Å². The Morgan fingerprint density at radius 2 is 2.00 bits per heavy atom. The molecule has 1 aromatic carbocycles. The molecule has 0 unspecified atom stereocenters. The van der Waals surface area contributed by atoms with E-state index < -0.39 is 5.97 Å². The van der Waals surface area contributed by atoms with E-state index in [-0.39, 0.29) is 11.1 Å². The molecule has 4 aromatic rings. The highest BCUT2D eigenvalue weighted by molar-refractivity contribution is 6.30. The Morgan fingerprint density at radius 3 is 2.74 bits per heavy atom. The summed E-state index contributed by atoms with van der Waals surface area (Å²) in [4.78, 5) is 29.4. The molecule has 0 bridgehead atoms. The quantitative estimate of drug-likeness (QED) is 0.498. The number of carbonyl (C=O) groups excluding carboxylic acids is 1. The van der Waals surface area contributed by atoms with Crippen molar-refractivity contribution in [1.82, 2.24) is 19.2 Å². The van der Waals surface area contributed by atoms with Gasteiger partial charge in [0.15, 0.2) is 5.65 Å². The van der Waals surface area contributed by atoms with Crippen LogP contribution < -0.4 is 5.56 Å². The number of ether oxygens (including phenoxy) is 1. The zero-order valence-electron chi connectivity index (χ0n) is 14.9. The maximum absolute atomic E-state index is 13.1. The maximum atomic E-state index is 13.1. The molecule has 0 spiro atoms. The number of carbonyl (C=O) groups is 1. The fourth-order valence-corrected chi connectivity index (χ4v) is 3.32. The maximum Gasteiger partial charge on any atom is 0.343 e. The monoisotopic (exact) mass is 382 g/mol. The van der Waals surface area contributed by atoms with Crippen LogP contribution in [0.15, 0.2) is 41.5 Å². The molecule has 0 aliphatic carbocycles. The number of methoxy groups -OCH3 is 1. The van der Waals surface area contributed by atoms with Gasteiger partial charge in [-0.2, -0.15) is 5.10 Å². The van der Waals surface area contributed by atoms with Crippen LogP contribution in [-0.2, 0) is 4.74 Å². The van der Waals surface area contributed by atoms with Crippen molar-refractivity contribution in [2.75, 3.05) is 7.11 Å². The molecule has 0 fully saturated rings. The number of esters is 1. The van der Waals surface area contributed by atoms with Crippen LogP contribution >= 0.6 is 11.6 Å². The van der Waals surface area contributed by atoms with E-state index in [2.05, 4.69) is 10.1 Å². The van der Waals surface area contributed by atoms with Gasteiger partial charge in [0.05, 0.1) is 29.4 Å². The summed E-state index contributed by atoms with van der Waals surface area (Å²) in [5.41, 5.74) is 3.03. The average Bonchev–Trinajstić information content (AvgIpc) is 3.00. The first kappa shape index (κ1) is 17.2. The Bertz CT molecular complexity index is 1290. The molecule has 3 aromatic heterocycles. The number of halogens is 1. The Morgan fingerprint density at radius 1 is 1.22 bits per heavy atom. The number of aryl methyl sites for hydroxylation is 2. The van der Waals surface area contributed by atoms with Gasteiger partial charge in [-0.1, -0.05) is 17.7 Å². The number of pyridine rings is 1. The second-order valence-corrected chi connectivity index (χ2v) is 6.60. The first-order valence-corrected chi connectivity index (χ1v) is 8.54. The Balaban J connectivity index is 2.03. The summed E-state index contributed by atoms with van der Waals surface area (Å²) in [6, 6.07) is 7.14. The highest BCUT2D eigenvalue weighted by Gasteiger charge is 2.21. The predicted molar refractivity (Wildman–Crippen MR) is 102 cm³/mol. The minimum atomic E-state index is -0.516. The minimum Gasteiger partial charge on any atom is -0.465 e. The molecule has 0 saturated heterocycles. The average molecular weight is 383 g/mol. The molecular formula is C19H15ClN4O3. The van der Waals surface area contributed by atoms with Crippen LogP contribution in [0.3, 0.4) is 0 Å². The molecule has 0 aliphatic rings. The lowest BCUT2D eigenvalue weighted by atomic mass is 10.2. The van der Waals surface area contributed by atoms with Crippen molar-refractivity contribution in [3.63, 3.8) is 0 Å². The number of aromatic nitrogens is 4. The number of rotatable bonds is 2. The largest absolute Gasteiger partial charge is 0.465 e. The van der Waals surface area contributed by atoms with Crippen LogP contribution in [0, 0.1) is 13.8 Å². The van der Waals surface area contributed by atoms with Crippen molar-refractivity contribution in [3.05, 3.63) is 68.9 Å². The van der Waals surface area contributed by atoms with E-state index in [0.29, 0.717) is 33.0 Å². The SMILES string of the molecule is COC(=O)c1c(C)nn2c1ncc1c(=O)n(-c3cc(Cl)ccc3C)ccc12. The van der Waals surface area contributed by atoms with Crippen LogP contribution in [-0.4, -0.2) is 32.2 Å². The first-order valence-electron chi connectivity index (χ1n) is 8.17. The number of hydrogen-bond donors (Lipinski definition) is 0. The van der Waals surface area contributed by atoms with Crippen molar-refractivity contribution >= 4 is 34.1 Å². The summed E-state index contributed by atoms with van der Waals surface area (Å²) >= 11 is 6.09. The molecule has 0 radical (unpaired) electrons. The van der Waals surface area contributed by atoms with Crippen molar-refractivity contribution < 1.29 is 9.53 Å². The third-order valence-electron chi connectivity index (χ3n) is 4.51. The summed E-state index contributed by atoms with van der Waals surface area (Å²) in [6.07, 6.45) is 3.12. The minimum absolute atomic E-state index is 0.250. The van der Waals surface area contributed by atoms with Gasteiger partial charge in [0, 0.05) is 17.4 Å². The molecule has 4 rings (SSSR count). The number of hydrogen-bond acceptors (Lipinski definition) is 5. The van der Waals surface area contributed by atoms with Crippen molar-refractivity contribution in [1.29, 1.82) is 0 Å². The Kier molecular flexibility index (Phi) is 3.96. The van der Waals surface area contributed by atoms with Crippen LogP contribution in [0.4, 0.5) is 0 Å². The highest BCUT2D eigenvalue weighted by Crippen LogP contribution is 2.21. The third-order valence-corrected chi connectivity index (χ3v) is 4.74. The van der Waals surface area contributed by atoms with Gasteiger partial charge in [-0.15, -0.1) is 0 Å². The summed E-state index contributed by atoms with van der Waals surface area (Å²) in [5.74, 6) is -0.516. The van der Waals surface area contributed by atoms with Gasteiger partial charge in [-0.25, -0.2) is 14.3 Å². The van der Waals surface area contributed by atoms with Gasteiger partial charge in [0.2, 0.25) is 0 Å². The van der Waals surface area contributed by atoms with Gasteiger partial charge in [0.1, 0.15) is 5.56 Å². The van der Waals surface area contributed by atoms with E-state index in [1.54, 1.807) is 31.3 Å². The standard InChI is InChI=1S/C19H15ClN4O3/c1-10-4-5-12(20)8-15(10)23-7-6-14-13(18(23)25)9-21-17-16(19(26)27-3)11(2)22-24(14)17/h4-9H,1-3H3. The third kappa shape index (κ3) is 2.59. The van der Waals surface area contributed by atoms with Gasteiger partial charge in [0.25, 0.3) is 5.56 Å². The highest BCUT2D eigenvalue weighted by atomic mass is 35.5. The number of benzene rings is 1. The van der Waals surface area contributed by atoms with Gasteiger partial charge < -0.3 is 4.74 Å². The lowest BCUT2D eigenvalue weighted by molar-refractivity contribution is 0.0602. The molecule has 136 valence electrons. The fraction of sp³-hybridized carbons (Fsp3) is 0.158. The summed E-state index contributed by atoms with van der Waals surface area (Å²) in [6.45, 7) is 3.60. The zero-order chi connectivity index (χ0) is 19.3. The Hall–Kier alpha value is -3.19. The smallest absolute Gasteiger partial charge is 0.343 e. The molecule has 3 heterocycles. The normalized spacial score (nSPS) is 11.3. The second kappa shape index (κ2) is 6.21. The molecule has 0 atom stereocenters. The summed E-state index contributed by atoms with van der Waals surface area (Å²) in [5, 5.41) is 5.29. The van der Waals surface area contributed by atoms with Crippen molar-refractivity contribution in [2.24, 2.45) is 0 Å². The van der Waals surface area contributed by atoms with Gasteiger partial charge >= 0.3 is 5.97 Å². The fourth-order valence-electron chi connectivity index (χ4n) is 3.15. The predicted octanol–water partition coefficient (Wildman–Crippen LogP) is 3.09. The van der Waals surface area contributed by atoms with E-state index >= 15 is 0 Å². The van der Waals surface area contributed by atoms with Crippen LogP contribution in [0.25, 0.3) is 22.2 Å². The molecule has 0 aliphatic heterocycles. The number of fused-ring (bicyclic) bond motifs is 3. The van der Waals surface area contributed by atoms with Crippen molar-refractivity contribution in [2.45, 2.75) is 13.8 Å². The van der Waals surface area contributed by atoms with Gasteiger partial charge in [-0.05, 0) is 37.6 Å². The van der Waals surface area contributed by atoms with Gasteiger partial charge in [-0.3, -0.25) is 9.36 Å². The van der Waals surface area contributed by atoms with Crippen LogP contribution in [0.2, 0.25) is 5.02 Å². The zero-order valence-corrected chi connectivity index (χ0v) is 15.6. The summed E-state index contributed by atoms with van der Waals surface area (Å²) < 4.78 is 7.83. The van der Waals surface area contributed by atoms with E-state index in [9.17, 15) is 9.59 Å². The summed E-state index contributed by atoms with van der Waals surface area (Å²) in [7, 11) is 1.30. The lowest BCUT2D eigenvalue weighted by Crippen LogP contribution is -2.19. The second-order valence-electron chi connectivity index (χ2n) is 6.17.